The Bertz CT molecular complexity index is 1510. The van der Waals surface area contributed by atoms with Crippen LogP contribution >= 0.6 is 0 Å². The molecule has 3 amide bonds. The van der Waals surface area contributed by atoms with E-state index < -0.39 is 11.9 Å². The Hall–Kier alpha value is -4.05. The molecular formula is C29H30N6O4. The minimum Gasteiger partial charge on any atom is -0.492 e. The predicted octanol–water partition coefficient (Wildman–Crippen LogP) is 2.17. The fourth-order valence-electron chi connectivity index (χ4n) is 6.60. The predicted molar refractivity (Wildman–Crippen MR) is 141 cm³/mol. The summed E-state index contributed by atoms with van der Waals surface area (Å²) in [6.45, 7) is 3.74. The third-order valence-corrected chi connectivity index (χ3v) is 8.77. The molecule has 0 unspecified atom stereocenters. The van der Waals surface area contributed by atoms with E-state index in [0.29, 0.717) is 25.1 Å². The highest BCUT2D eigenvalue weighted by Crippen LogP contribution is 2.49. The van der Waals surface area contributed by atoms with Gasteiger partial charge in [-0.25, -0.2) is 0 Å². The maximum absolute atomic E-state index is 13.2. The molecule has 10 heteroatoms. The van der Waals surface area contributed by atoms with Crippen molar-refractivity contribution in [3.05, 3.63) is 64.8 Å². The van der Waals surface area contributed by atoms with E-state index in [0.717, 1.165) is 55.0 Å². The molecule has 4 aliphatic heterocycles. The average molecular weight is 527 g/mol. The molecule has 4 aliphatic rings. The number of likely N-dealkylation sites (tertiary alicyclic amines) is 1. The van der Waals surface area contributed by atoms with E-state index in [1.54, 1.807) is 15.9 Å². The van der Waals surface area contributed by atoms with Crippen LogP contribution in [0.4, 0.5) is 0 Å². The van der Waals surface area contributed by atoms with Crippen LogP contribution in [0.25, 0.3) is 11.3 Å². The van der Waals surface area contributed by atoms with E-state index in [1.165, 1.54) is 11.1 Å². The summed E-state index contributed by atoms with van der Waals surface area (Å²) in [4.78, 5) is 42.9. The Morgan fingerprint density at radius 2 is 1.97 bits per heavy atom. The van der Waals surface area contributed by atoms with Gasteiger partial charge < -0.3 is 9.64 Å². The molecule has 0 saturated carbocycles. The van der Waals surface area contributed by atoms with E-state index in [1.807, 2.05) is 13.1 Å². The van der Waals surface area contributed by atoms with E-state index in [2.05, 4.69) is 50.7 Å². The first-order valence-electron chi connectivity index (χ1n) is 13.5. The van der Waals surface area contributed by atoms with Crippen LogP contribution in [-0.2, 0) is 35.1 Å². The van der Waals surface area contributed by atoms with Crippen LogP contribution in [0.5, 0.6) is 5.75 Å². The molecule has 2 saturated heterocycles. The second kappa shape index (κ2) is 9.01. The van der Waals surface area contributed by atoms with Crippen molar-refractivity contribution in [2.75, 3.05) is 19.7 Å². The summed E-state index contributed by atoms with van der Waals surface area (Å²) in [6.07, 6.45) is 4.35. The zero-order chi connectivity index (χ0) is 26.7. The lowest BCUT2D eigenvalue weighted by molar-refractivity contribution is -0.136. The lowest BCUT2D eigenvalue weighted by atomic mass is 9.74. The number of carbonyl (C=O) groups is 3. The number of amides is 3. The monoisotopic (exact) mass is 526 g/mol. The van der Waals surface area contributed by atoms with E-state index >= 15 is 0 Å². The van der Waals surface area contributed by atoms with Gasteiger partial charge in [0.2, 0.25) is 11.8 Å². The summed E-state index contributed by atoms with van der Waals surface area (Å²) in [5.74, 6) is -0.0154. The number of carbonyl (C=O) groups excluding carboxylic acids is 3. The van der Waals surface area contributed by atoms with Gasteiger partial charge in [0, 0.05) is 47.7 Å². The molecule has 7 rings (SSSR count). The van der Waals surface area contributed by atoms with Crippen LogP contribution in [0.3, 0.4) is 0 Å². The molecule has 0 radical (unpaired) electrons. The van der Waals surface area contributed by atoms with Gasteiger partial charge in [-0.1, -0.05) is 24.3 Å². The fraction of sp³-hybridized carbons (Fsp3) is 0.414. The van der Waals surface area contributed by atoms with Crippen LogP contribution < -0.4 is 10.1 Å². The number of ether oxygens (including phenoxy) is 1. The summed E-state index contributed by atoms with van der Waals surface area (Å²) in [5, 5.41) is 11.0. The average Bonchev–Trinajstić information content (AvgIpc) is 3.62. The second-order valence-electron chi connectivity index (χ2n) is 11.1. The Kier molecular flexibility index (Phi) is 5.55. The summed E-state index contributed by atoms with van der Waals surface area (Å²) in [5.41, 5.74) is 5.80. The van der Waals surface area contributed by atoms with Gasteiger partial charge in [-0.3, -0.25) is 24.6 Å². The fourth-order valence-corrected chi connectivity index (χ4v) is 6.60. The van der Waals surface area contributed by atoms with Gasteiger partial charge in [0.1, 0.15) is 17.5 Å². The normalized spacial score (nSPS) is 22.1. The lowest BCUT2D eigenvalue weighted by Gasteiger charge is -2.38. The summed E-state index contributed by atoms with van der Waals surface area (Å²) in [7, 11) is 1.82. The number of hydrogen-bond acceptors (Lipinski definition) is 7. The van der Waals surface area contributed by atoms with Crippen molar-refractivity contribution in [2.45, 2.75) is 50.2 Å². The Morgan fingerprint density at radius 1 is 1.13 bits per heavy atom. The first-order chi connectivity index (χ1) is 18.9. The Labute approximate surface area is 225 Å². The molecule has 0 bridgehead atoms. The number of benzene rings is 2. The smallest absolute Gasteiger partial charge is 0.255 e. The number of fused-ring (bicyclic) bond motifs is 4. The molecule has 1 atom stereocenters. The van der Waals surface area contributed by atoms with Crippen LogP contribution in [0.1, 0.15) is 52.7 Å². The Balaban J connectivity index is 1.05. The van der Waals surface area contributed by atoms with Crippen LogP contribution in [-0.4, -0.2) is 68.3 Å². The number of rotatable bonds is 4. The van der Waals surface area contributed by atoms with Gasteiger partial charge in [0.05, 0.1) is 19.3 Å². The minimum atomic E-state index is -0.621. The largest absolute Gasteiger partial charge is 0.492 e. The molecule has 200 valence electrons. The molecule has 2 fully saturated rings. The highest BCUT2D eigenvalue weighted by Gasteiger charge is 2.47. The first kappa shape index (κ1) is 24.0. The summed E-state index contributed by atoms with van der Waals surface area (Å²) >= 11 is 0. The van der Waals surface area contributed by atoms with Gasteiger partial charge in [-0.2, -0.15) is 15.0 Å². The van der Waals surface area contributed by atoms with E-state index in [4.69, 9.17) is 4.74 Å². The standard InChI is InChI=1S/C29H30N6O4/c1-33-30-14-23(32-33)19-4-2-3-18(13-19)15-34-11-9-29(10-12-34)17-39-26-21-16-35(24-7-8-25(36)31-27(24)37)28(38)20(21)5-6-22(26)29/h2-6,13-14,24H,7-12,15-17H2,1H3,(H,31,36,37)/t24-/m0/s1. The van der Waals surface area contributed by atoms with Gasteiger partial charge in [0.15, 0.2) is 0 Å². The van der Waals surface area contributed by atoms with Crippen molar-refractivity contribution >= 4 is 17.7 Å². The topological polar surface area (TPSA) is 110 Å². The number of nitrogens with zero attached hydrogens (tertiary/aromatic N) is 5. The molecular weight excluding hydrogens is 496 g/mol. The summed E-state index contributed by atoms with van der Waals surface area (Å²) in [6, 6.07) is 11.8. The quantitative estimate of drug-likeness (QED) is 0.519. The molecule has 1 aromatic heterocycles. The van der Waals surface area contributed by atoms with Crippen LogP contribution in [0, 0.1) is 0 Å². The zero-order valence-corrected chi connectivity index (χ0v) is 21.9. The molecule has 3 aromatic rings. The van der Waals surface area contributed by atoms with Crippen LogP contribution in [0.2, 0.25) is 0 Å². The number of hydrogen-bond donors (Lipinski definition) is 1. The second-order valence-corrected chi connectivity index (χ2v) is 11.1. The number of imide groups is 1. The number of aromatic nitrogens is 3. The molecule has 2 aromatic carbocycles. The van der Waals surface area contributed by atoms with E-state index in [9.17, 15) is 14.4 Å². The van der Waals surface area contributed by atoms with Crippen molar-refractivity contribution in [2.24, 2.45) is 7.05 Å². The maximum atomic E-state index is 13.2. The van der Waals surface area contributed by atoms with Gasteiger partial charge in [-0.15, -0.1) is 0 Å². The highest BCUT2D eigenvalue weighted by molar-refractivity contribution is 6.05. The lowest BCUT2D eigenvalue weighted by Crippen LogP contribution is -2.52. The molecule has 1 spiro atoms. The summed E-state index contributed by atoms with van der Waals surface area (Å²) < 4.78 is 6.32. The third-order valence-electron chi connectivity index (χ3n) is 8.77. The van der Waals surface area contributed by atoms with E-state index in [-0.39, 0.29) is 23.7 Å². The van der Waals surface area contributed by atoms with Crippen molar-refractivity contribution in [3.63, 3.8) is 0 Å². The molecule has 10 nitrogen and oxygen atoms in total. The zero-order valence-electron chi connectivity index (χ0n) is 21.9. The minimum absolute atomic E-state index is 0.0621. The van der Waals surface area contributed by atoms with Gasteiger partial charge in [0.25, 0.3) is 5.91 Å². The molecule has 0 aliphatic carbocycles. The number of nitrogens with one attached hydrogen (secondary N) is 1. The first-order valence-corrected chi connectivity index (χ1v) is 13.5. The highest BCUT2D eigenvalue weighted by atomic mass is 16.5. The van der Waals surface area contributed by atoms with Crippen molar-refractivity contribution < 1.29 is 19.1 Å². The SMILES string of the molecule is Cn1ncc(-c2cccc(CN3CCC4(CC3)COc3c4ccc4c3CN([C@H]3CCC(=O)NC3=O)C4=O)c2)n1. The van der Waals surface area contributed by atoms with Gasteiger partial charge >= 0.3 is 0 Å². The third kappa shape index (κ3) is 4.01. The van der Waals surface area contributed by atoms with Crippen molar-refractivity contribution in [1.82, 2.24) is 30.1 Å². The van der Waals surface area contributed by atoms with Crippen molar-refractivity contribution in [3.8, 4) is 17.0 Å². The number of aryl methyl sites for hydroxylation is 1. The molecule has 1 N–H and O–H groups in total. The molecule has 5 heterocycles. The Morgan fingerprint density at radius 3 is 2.74 bits per heavy atom. The molecule has 39 heavy (non-hydrogen) atoms. The maximum Gasteiger partial charge on any atom is 0.255 e. The number of piperidine rings is 2. The van der Waals surface area contributed by atoms with Gasteiger partial charge in [-0.05, 0) is 50.0 Å². The van der Waals surface area contributed by atoms with Crippen molar-refractivity contribution in [1.29, 1.82) is 0 Å². The van der Waals surface area contributed by atoms with Crippen LogP contribution in [0.15, 0.2) is 42.6 Å².